The van der Waals surface area contributed by atoms with Crippen LogP contribution in [0.2, 0.25) is 0 Å². The summed E-state index contributed by atoms with van der Waals surface area (Å²) < 4.78 is 0. The number of hydrogen-bond donors (Lipinski definition) is 4. The van der Waals surface area contributed by atoms with Crippen LogP contribution in [0, 0.1) is 6.92 Å². The standard InChI is InChI=1S/C8H13N3O3/c1-5-7(3-10-11-5)8(14)9-2-6(13)4-12/h3,6,12-13H,2,4H2,1H3,(H,9,14)(H,10,11). The van der Waals surface area contributed by atoms with E-state index in [9.17, 15) is 4.79 Å². The minimum absolute atomic E-state index is 0.0277. The molecule has 0 aliphatic heterocycles. The van der Waals surface area contributed by atoms with Crippen LogP contribution in [0.4, 0.5) is 0 Å². The molecule has 6 nitrogen and oxygen atoms in total. The van der Waals surface area contributed by atoms with Gasteiger partial charge in [0.25, 0.3) is 5.91 Å². The number of aryl methyl sites for hydroxylation is 1. The Kier molecular flexibility index (Phi) is 3.61. The molecule has 0 saturated carbocycles. The van der Waals surface area contributed by atoms with Crippen LogP contribution in [-0.2, 0) is 0 Å². The SMILES string of the molecule is Cc1[nH]ncc1C(=O)NCC(O)CO. The van der Waals surface area contributed by atoms with Crippen molar-refractivity contribution < 1.29 is 15.0 Å². The summed E-state index contributed by atoms with van der Waals surface area (Å²) in [5.41, 5.74) is 1.11. The second kappa shape index (κ2) is 4.73. The maximum Gasteiger partial charge on any atom is 0.254 e. The molecular weight excluding hydrogens is 186 g/mol. The Bertz CT molecular complexity index is 311. The van der Waals surface area contributed by atoms with Gasteiger partial charge in [0, 0.05) is 12.2 Å². The molecule has 4 N–H and O–H groups in total. The van der Waals surface area contributed by atoms with Crippen molar-refractivity contribution in [2.75, 3.05) is 13.2 Å². The largest absolute Gasteiger partial charge is 0.394 e. The lowest BCUT2D eigenvalue weighted by Crippen LogP contribution is -2.34. The third-order valence-corrected chi connectivity index (χ3v) is 1.78. The van der Waals surface area contributed by atoms with Crippen molar-refractivity contribution in [3.8, 4) is 0 Å². The fourth-order valence-electron chi connectivity index (χ4n) is 0.950. The summed E-state index contributed by atoms with van der Waals surface area (Å²) >= 11 is 0. The summed E-state index contributed by atoms with van der Waals surface area (Å²) in [4.78, 5) is 11.4. The Morgan fingerprint density at radius 3 is 3.00 bits per heavy atom. The number of aromatic amines is 1. The van der Waals surface area contributed by atoms with Crippen LogP contribution >= 0.6 is 0 Å². The molecule has 0 aromatic carbocycles. The fraction of sp³-hybridized carbons (Fsp3) is 0.500. The van der Waals surface area contributed by atoms with Gasteiger partial charge in [0.15, 0.2) is 0 Å². The second-order valence-corrected chi connectivity index (χ2v) is 2.96. The molecule has 0 bridgehead atoms. The zero-order valence-electron chi connectivity index (χ0n) is 7.82. The molecule has 1 atom stereocenters. The molecule has 0 radical (unpaired) electrons. The molecule has 1 aromatic rings. The minimum Gasteiger partial charge on any atom is -0.394 e. The average Bonchev–Trinajstić information content (AvgIpc) is 2.60. The van der Waals surface area contributed by atoms with Crippen LogP contribution in [0.25, 0.3) is 0 Å². The predicted molar refractivity (Wildman–Crippen MR) is 48.8 cm³/mol. The lowest BCUT2D eigenvalue weighted by molar-refractivity contribution is 0.0801. The summed E-state index contributed by atoms with van der Waals surface area (Å²) in [5, 5.41) is 26.3. The van der Waals surface area contributed by atoms with Crippen LogP contribution in [0.15, 0.2) is 6.20 Å². The van der Waals surface area contributed by atoms with Crippen molar-refractivity contribution in [3.05, 3.63) is 17.5 Å². The normalized spacial score (nSPS) is 12.5. The smallest absolute Gasteiger partial charge is 0.254 e. The van der Waals surface area contributed by atoms with Crippen molar-refractivity contribution in [2.45, 2.75) is 13.0 Å². The number of carbonyl (C=O) groups is 1. The van der Waals surface area contributed by atoms with E-state index < -0.39 is 6.10 Å². The van der Waals surface area contributed by atoms with Crippen LogP contribution < -0.4 is 5.32 Å². The van der Waals surface area contributed by atoms with E-state index in [1.165, 1.54) is 6.20 Å². The maximum absolute atomic E-state index is 11.4. The number of amides is 1. The Balaban J connectivity index is 2.47. The van der Waals surface area contributed by atoms with Gasteiger partial charge in [0.1, 0.15) is 0 Å². The summed E-state index contributed by atoms with van der Waals surface area (Å²) in [6, 6.07) is 0. The first-order chi connectivity index (χ1) is 6.65. The Morgan fingerprint density at radius 2 is 2.50 bits per heavy atom. The van der Waals surface area contributed by atoms with Gasteiger partial charge in [-0.15, -0.1) is 0 Å². The lowest BCUT2D eigenvalue weighted by Gasteiger charge is -2.07. The van der Waals surface area contributed by atoms with E-state index >= 15 is 0 Å². The molecule has 1 rings (SSSR count). The Labute approximate surface area is 81.0 Å². The number of nitrogens with zero attached hydrogens (tertiary/aromatic N) is 1. The molecule has 0 spiro atoms. The van der Waals surface area contributed by atoms with E-state index in [1.54, 1.807) is 6.92 Å². The summed E-state index contributed by atoms with van der Waals surface area (Å²) in [7, 11) is 0. The van der Waals surface area contributed by atoms with E-state index in [2.05, 4.69) is 15.5 Å². The summed E-state index contributed by atoms with van der Waals surface area (Å²) in [5.74, 6) is -0.316. The number of aliphatic hydroxyl groups is 2. The van der Waals surface area contributed by atoms with Crippen molar-refractivity contribution in [1.29, 1.82) is 0 Å². The Morgan fingerprint density at radius 1 is 1.79 bits per heavy atom. The van der Waals surface area contributed by atoms with Gasteiger partial charge in [0.05, 0.1) is 24.5 Å². The summed E-state index contributed by atoms with van der Waals surface area (Å²) in [6.07, 6.45) is 0.488. The first kappa shape index (κ1) is 10.7. The molecule has 0 aliphatic rings. The van der Waals surface area contributed by atoms with Gasteiger partial charge in [-0.05, 0) is 6.92 Å². The first-order valence-electron chi connectivity index (χ1n) is 4.22. The van der Waals surface area contributed by atoms with Gasteiger partial charge in [-0.25, -0.2) is 0 Å². The fourth-order valence-corrected chi connectivity index (χ4v) is 0.950. The highest BCUT2D eigenvalue weighted by molar-refractivity contribution is 5.94. The van der Waals surface area contributed by atoms with E-state index in [1.807, 2.05) is 0 Å². The highest BCUT2D eigenvalue weighted by atomic mass is 16.3. The van der Waals surface area contributed by atoms with E-state index in [-0.39, 0.29) is 19.1 Å². The number of aromatic nitrogens is 2. The molecule has 1 unspecified atom stereocenters. The van der Waals surface area contributed by atoms with Gasteiger partial charge in [-0.2, -0.15) is 5.10 Å². The predicted octanol–water partition coefficient (Wildman–Crippen LogP) is -1.20. The monoisotopic (exact) mass is 199 g/mol. The van der Waals surface area contributed by atoms with Crippen LogP contribution in [0.1, 0.15) is 16.1 Å². The van der Waals surface area contributed by atoms with E-state index in [0.29, 0.717) is 11.3 Å². The highest BCUT2D eigenvalue weighted by Crippen LogP contribution is 2.01. The van der Waals surface area contributed by atoms with Gasteiger partial charge >= 0.3 is 0 Å². The molecule has 0 fully saturated rings. The third kappa shape index (κ3) is 2.54. The number of aliphatic hydroxyl groups excluding tert-OH is 2. The lowest BCUT2D eigenvalue weighted by atomic mass is 10.2. The van der Waals surface area contributed by atoms with Crippen molar-refractivity contribution in [2.24, 2.45) is 0 Å². The van der Waals surface area contributed by atoms with Crippen molar-refractivity contribution in [1.82, 2.24) is 15.5 Å². The van der Waals surface area contributed by atoms with Crippen LogP contribution in [-0.4, -0.2) is 45.6 Å². The number of H-pyrrole nitrogens is 1. The second-order valence-electron chi connectivity index (χ2n) is 2.96. The third-order valence-electron chi connectivity index (χ3n) is 1.78. The zero-order valence-corrected chi connectivity index (χ0v) is 7.82. The maximum atomic E-state index is 11.4. The number of hydrogen-bond acceptors (Lipinski definition) is 4. The topological polar surface area (TPSA) is 98.2 Å². The van der Waals surface area contributed by atoms with Crippen molar-refractivity contribution in [3.63, 3.8) is 0 Å². The molecule has 0 saturated heterocycles. The molecule has 0 aliphatic carbocycles. The molecule has 6 heteroatoms. The zero-order chi connectivity index (χ0) is 10.6. The van der Waals surface area contributed by atoms with E-state index in [0.717, 1.165) is 0 Å². The molecular formula is C8H13N3O3. The molecule has 78 valence electrons. The summed E-state index contributed by atoms with van der Waals surface area (Å²) in [6.45, 7) is 1.38. The van der Waals surface area contributed by atoms with Gasteiger partial charge in [-0.1, -0.05) is 0 Å². The van der Waals surface area contributed by atoms with Crippen LogP contribution in [0.5, 0.6) is 0 Å². The highest BCUT2D eigenvalue weighted by Gasteiger charge is 2.11. The average molecular weight is 199 g/mol. The molecule has 1 amide bonds. The molecule has 1 heterocycles. The quantitative estimate of drug-likeness (QED) is 0.489. The number of rotatable bonds is 4. The van der Waals surface area contributed by atoms with Crippen LogP contribution in [0.3, 0.4) is 0 Å². The van der Waals surface area contributed by atoms with Gasteiger partial charge in [-0.3, -0.25) is 9.89 Å². The number of nitrogens with one attached hydrogen (secondary N) is 2. The molecule has 14 heavy (non-hydrogen) atoms. The first-order valence-corrected chi connectivity index (χ1v) is 4.22. The van der Waals surface area contributed by atoms with E-state index in [4.69, 9.17) is 10.2 Å². The van der Waals surface area contributed by atoms with Gasteiger partial charge in [0.2, 0.25) is 0 Å². The Hall–Kier alpha value is -1.40. The van der Waals surface area contributed by atoms with Crippen molar-refractivity contribution >= 4 is 5.91 Å². The minimum atomic E-state index is -0.925. The molecule has 1 aromatic heterocycles. The van der Waals surface area contributed by atoms with Gasteiger partial charge < -0.3 is 15.5 Å². The number of carbonyl (C=O) groups excluding carboxylic acids is 1.